The van der Waals surface area contributed by atoms with Crippen molar-refractivity contribution in [1.29, 1.82) is 0 Å². The monoisotopic (exact) mass is 935 g/mol. The van der Waals surface area contributed by atoms with E-state index in [1.54, 1.807) is 0 Å². The largest absolute Gasteiger partial charge is 0.462 e. The highest BCUT2D eigenvalue weighted by atomic mass is 16.6. The third-order valence-corrected chi connectivity index (χ3v) is 12.2. The van der Waals surface area contributed by atoms with Gasteiger partial charge in [0.1, 0.15) is 13.2 Å². The third kappa shape index (κ3) is 53.7. The first kappa shape index (κ1) is 63.8. The zero-order valence-electron chi connectivity index (χ0n) is 44.2. The lowest BCUT2D eigenvalue weighted by molar-refractivity contribution is -0.167. The first-order chi connectivity index (χ1) is 33.0. The van der Waals surface area contributed by atoms with Crippen LogP contribution in [-0.2, 0) is 28.6 Å². The Morgan fingerprint density at radius 2 is 0.537 bits per heavy atom. The van der Waals surface area contributed by atoms with E-state index in [9.17, 15) is 14.4 Å². The summed E-state index contributed by atoms with van der Waals surface area (Å²) in [7, 11) is 0. The van der Waals surface area contributed by atoms with Gasteiger partial charge >= 0.3 is 17.9 Å². The van der Waals surface area contributed by atoms with Crippen LogP contribution in [-0.4, -0.2) is 37.2 Å². The molecule has 6 heteroatoms. The van der Waals surface area contributed by atoms with Gasteiger partial charge in [-0.05, 0) is 116 Å². The first-order valence-corrected chi connectivity index (χ1v) is 28.4. The Hall–Kier alpha value is -3.15. The summed E-state index contributed by atoms with van der Waals surface area (Å²) in [6, 6.07) is 0. The van der Waals surface area contributed by atoms with Crippen molar-refractivity contribution in [3.63, 3.8) is 0 Å². The van der Waals surface area contributed by atoms with Crippen LogP contribution in [0.5, 0.6) is 0 Å². The number of hydrogen-bond acceptors (Lipinski definition) is 6. The normalized spacial score (nSPS) is 12.6. The molecule has 0 aromatic heterocycles. The summed E-state index contributed by atoms with van der Waals surface area (Å²) in [5, 5.41) is 0. The molecule has 0 aromatic carbocycles. The van der Waals surface area contributed by atoms with E-state index in [0.717, 1.165) is 89.9 Å². The predicted octanol–water partition coefficient (Wildman–Crippen LogP) is 19.0. The molecular weight excluding hydrogens is 829 g/mol. The highest BCUT2D eigenvalue weighted by molar-refractivity contribution is 5.71. The topological polar surface area (TPSA) is 78.9 Å². The molecule has 0 amide bonds. The molecule has 1 atom stereocenters. The van der Waals surface area contributed by atoms with Gasteiger partial charge in [-0.25, -0.2) is 0 Å². The van der Waals surface area contributed by atoms with E-state index in [4.69, 9.17) is 14.2 Å². The Morgan fingerprint density at radius 3 is 0.910 bits per heavy atom. The fourth-order valence-electron chi connectivity index (χ4n) is 7.83. The quantitative estimate of drug-likeness (QED) is 0.0262. The van der Waals surface area contributed by atoms with Crippen LogP contribution in [0.3, 0.4) is 0 Å². The molecule has 0 fully saturated rings. The van der Waals surface area contributed by atoms with Crippen LogP contribution in [0.15, 0.2) is 72.9 Å². The molecule has 0 aromatic rings. The number of hydrogen-bond donors (Lipinski definition) is 0. The van der Waals surface area contributed by atoms with Gasteiger partial charge in [-0.1, -0.05) is 216 Å². The van der Waals surface area contributed by atoms with Gasteiger partial charge in [-0.15, -0.1) is 0 Å². The minimum absolute atomic E-state index is 0.0972. The van der Waals surface area contributed by atoms with Crippen molar-refractivity contribution in [1.82, 2.24) is 0 Å². The standard InChI is InChI=1S/C61H106O6/c1-4-7-10-13-16-19-22-25-28-29-30-31-34-36-39-42-45-48-51-54-60(63)66-57-58(67-61(64)55-52-49-46-43-40-37-33-27-24-21-18-15-12-9-6-3)56-65-59(62)53-50-47-44-41-38-35-32-26-23-20-17-14-11-8-5-2/h17-18,20-21,26-27,29-30,32-33,40,43,58H,4-16,19,22-25,28,31,34-39,41-42,44-57H2,1-3H3/b20-17-,21-18-,30-29-,32-26-,33-27-,43-40-/t58-/m1/s1. The number of rotatable bonds is 51. The molecule has 0 aliphatic carbocycles. The molecule has 0 saturated heterocycles. The molecule has 0 N–H and O–H groups in total. The minimum atomic E-state index is -0.803. The fraction of sp³-hybridized carbons (Fsp3) is 0.754. The maximum atomic E-state index is 12.8. The smallest absolute Gasteiger partial charge is 0.306 e. The Bertz CT molecular complexity index is 1260. The van der Waals surface area contributed by atoms with Gasteiger partial charge in [0.15, 0.2) is 6.10 Å². The van der Waals surface area contributed by atoms with Crippen LogP contribution < -0.4 is 0 Å². The lowest BCUT2D eigenvalue weighted by Crippen LogP contribution is -2.30. The number of ether oxygens (including phenoxy) is 3. The van der Waals surface area contributed by atoms with Gasteiger partial charge in [-0.2, -0.15) is 0 Å². The molecule has 0 aliphatic rings. The Labute approximate surface area is 414 Å². The average Bonchev–Trinajstić information content (AvgIpc) is 3.33. The van der Waals surface area contributed by atoms with Crippen LogP contribution in [0.1, 0.15) is 278 Å². The molecule has 386 valence electrons. The van der Waals surface area contributed by atoms with Crippen LogP contribution in [0.2, 0.25) is 0 Å². The molecule has 0 rings (SSSR count). The van der Waals surface area contributed by atoms with E-state index in [-0.39, 0.29) is 37.5 Å². The summed E-state index contributed by atoms with van der Waals surface area (Å²) in [5.41, 5.74) is 0. The zero-order valence-corrected chi connectivity index (χ0v) is 44.2. The highest BCUT2D eigenvalue weighted by Crippen LogP contribution is 2.14. The predicted molar refractivity (Wildman–Crippen MR) is 288 cm³/mol. The van der Waals surface area contributed by atoms with Crippen molar-refractivity contribution in [2.24, 2.45) is 0 Å². The average molecular weight is 936 g/mol. The molecule has 0 spiro atoms. The SMILES string of the molecule is CCCCC/C=C\C/C=C\C/C=C\CCCCC(=O)O[C@H](COC(=O)CCCCCCC/C=C\C/C=C\CCCCC)COC(=O)CCCCCCCCC/C=C\CCCCCCCCCC. The first-order valence-electron chi connectivity index (χ1n) is 28.4. The summed E-state index contributed by atoms with van der Waals surface area (Å²) in [5.74, 6) is -0.948. The van der Waals surface area contributed by atoms with E-state index >= 15 is 0 Å². The van der Waals surface area contributed by atoms with Gasteiger partial charge in [-0.3, -0.25) is 14.4 Å². The van der Waals surface area contributed by atoms with Crippen molar-refractivity contribution in [2.75, 3.05) is 13.2 Å². The zero-order chi connectivity index (χ0) is 48.6. The molecule has 0 saturated carbocycles. The van der Waals surface area contributed by atoms with Crippen LogP contribution in [0, 0.1) is 0 Å². The summed E-state index contributed by atoms with van der Waals surface area (Å²) < 4.78 is 16.8. The number of carbonyl (C=O) groups is 3. The van der Waals surface area contributed by atoms with Crippen LogP contribution >= 0.6 is 0 Å². The van der Waals surface area contributed by atoms with Crippen molar-refractivity contribution in [2.45, 2.75) is 284 Å². The fourth-order valence-corrected chi connectivity index (χ4v) is 7.83. The van der Waals surface area contributed by atoms with Gasteiger partial charge < -0.3 is 14.2 Å². The maximum Gasteiger partial charge on any atom is 0.306 e. The third-order valence-electron chi connectivity index (χ3n) is 12.2. The molecule has 0 unspecified atom stereocenters. The second-order valence-corrected chi connectivity index (χ2v) is 18.8. The lowest BCUT2D eigenvalue weighted by atomic mass is 10.1. The van der Waals surface area contributed by atoms with Gasteiger partial charge in [0.05, 0.1) is 0 Å². The van der Waals surface area contributed by atoms with Crippen molar-refractivity contribution in [3.8, 4) is 0 Å². The van der Waals surface area contributed by atoms with Crippen LogP contribution in [0.4, 0.5) is 0 Å². The molecule has 0 bridgehead atoms. The summed E-state index contributed by atoms with van der Waals surface area (Å²) in [6.07, 6.45) is 70.3. The van der Waals surface area contributed by atoms with E-state index in [1.165, 1.54) is 141 Å². The molecular formula is C61H106O6. The van der Waals surface area contributed by atoms with E-state index in [1.807, 2.05) is 0 Å². The molecule has 0 heterocycles. The van der Waals surface area contributed by atoms with Crippen molar-refractivity contribution < 1.29 is 28.6 Å². The van der Waals surface area contributed by atoms with E-state index in [2.05, 4.69) is 93.7 Å². The van der Waals surface area contributed by atoms with Crippen LogP contribution in [0.25, 0.3) is 0 Å². The van der Waals surface area contributed by atoms with Gasteiger partial charge in [0, 0.05) is 19.3 Å². The highest BCUT2D eigenvalue weighted by Gasteiger charge is 2.19. The molecule has 0 aliphatic heterocycles. The minimum Gasteiger partial charge on any atom is -0.462 e. The van der Waals surface area contributed by atoms with E-state index < -0.39 is 6.10 Å². The summed E-state index contributed by atoms with van der Waals surface area (Å²) in [4.78, 5) is 38.1. The Balaban J connectivity index is 4.44. The number of allylic oxidation sites excluding steroid dienone is 12. The molecule has 6 nitrogen and oxygen atoms in total. The Morgan fingerprint density at radius 1 is 0.299 bits per heavy atom. The molecule has 67 heavy (non-hydrogen) atoms. The second kappa shape index (κ2) is 55.4. The van der Waals surface area contributed by atoms with E-state index in [0.29, 0.717) is 19.3 Å². The maximum absolute atomic E-state index is 12.8. The second-order valence-electron chi connectivity index (χ2n) is 18.8. The van der Waals surface area contributed by atoms with Crippen molar-refractivity contribution in [3.05, 3.63) is 72.9 Å². The van der Waals surface area contributed by atoms with Gasteiger partial charge in [0.2, 0.25) is 0 Å². The number of unbranched alkanes of at least 4 members (excludes halogenated alkanes) is 28. The number of carbonyl (C=O) groups excluding carboxylic acids is 3. The van der Waals surface area contributed by atoms with Gasteiger partial charge in [0.25, 0.3) is 0 Å². The molecule has 0 radical (unpaired) electrons. The number of esters is 3. The Kier molecular flexibility index (Phi) is 52.8. The van der Waals surface area contributed by atoms with Crippen molar-refractivity contribution >= 4 is 17.9 Å². The summed E-state index contributed by atoms with van der Waals surface area (Å²) >= 11 is 0. The lowest BCUT2D eigenvalue weighted by Gasteiger charge is -2.18. The summed E-state index contributed by atoms with van der Waals surface area (Å²) in [6.45, 7) is 6.55.